The van der Waals surface area contributed by atoms with Crippen LogP contribution in [0, 0.1) is 0 Å². The molecule has 0 N–H and O–H groups in total. The summed E-state index contributed by atoms with van der Waals surface area (Å²) >= 11 is 1.86. The first-order valence-electron chi connectivity index (χ1n) is 22.4. The van der Waals surface area contributed by atoms with Crippen LogP contribution in [0.3, 0.4) is 0 Å². The van der Waals surface area contributed by atoms with E-state index in [1.54, 1.807) is 0 Å². The zero-order valence-electron chi connectivity index (χ0n) is 35.5. The Morgan fingerprint density at radius 3 is 1.60 bits per heavy atom. The van der Waals surface area contributed by atoms with Crippen molar-refractivity contribution in [3.63, 3.8) is 0 Å². The number of rotatable bonds is 7. The Morgan fingerprint density at radius 1 is 0.323 bits per heavy atom. The third-order valence-corrected chi connectivity index (χ3v) is 14.9. The molecule has 1 aromatic heterocycles. The van der Waals surface area contributed by atoms with Gasteiger partial charge in [0, 0.05) is 37.1 Å². The number of benzene rings is 11. The van der Waals surface area contributed by atoms with Gasteiger partial charge in [-0.3, -0.25) is 0 Å². The molecule has 1 aliphatic rings. The smallest absolute Gasteiger partial charge is 0.0714 e. The molecule has 12 aromatic rings. The normalized spacial score (nSPS) is 12.7. The van der Waals surface area contributed by atoms with Gasteiger partial charge >= 0.3 is 0 Å². The lowest BCUT2D eigenvalue weighted by Crippen LogP contribution is -2.28. The molecule has 1 aliphatic carbocycles. The standard InChI is InChI=1S/C63H41NS/c1-3-16-50(17-4-1)63(51-18-5-2-6-19-51)57-22-11-9-21-55(57)62-58(63)23-13-24-59(62)64(53-36-37-61-56(41-53)54-20-10-12-25-60(54)65-61)52-34-32-43(33-35-52)46-29-27-44-28-31-48(40-49(44)39-46)47-30-26-42-14-7-8-15-45(42)38-47/h1-41H. The molecule has 0 fully saturated rings. The first-order valence-corrected chi connectivity index (χ1v) is 23.2. The molecule has 0 amide bonds. The molecule has 0 saturated heterocycles. The largest absolute Gasteiger partial charge is 0.310 e. The summed E-state index contributed by atoms with van der Waals surface area (Å²) in [5, 5.41) is 7.55. The highest BCUT2D eigenvalue weighted by atomic mass is 32.1. The maximum Gasteiger partial charge on any atom is 0.0714 e. The van der Waals surface area contributed by atoms with Gasteiger partial charge in [0.15, 0.2) is 0 Å². The molecule has 0 spiro atoms. The topological polar surface area (TPSA) is 3.24 Å². The fourth-order valence-electron chi connectivity index (χ4n) is 10.7. The van der Waals surface area contributed by atoms with Crippen molar-refractivity contribution in [1.82, 2.24) is 0 Å². The van der Waals surface area contributed by atoms with Gasteiger partial charge in [-0.2, -0.15) is 0 Å². The van der Waals surface area contributed by atoms with E-state index in [1.165, 1.54) is 97.4 Å². The highest BCUT2D eigenvalue weighted by molar-refractivity contribution is 7.25. The Balaban J connectivity index is 0.982. The number of anilines is 3. The van der Waals surface area contributed by atoms with Crippen LogP contribution in [0.5, 0.6) is 0 Å². The highest BCUT2D eigenvalue weighted by Gasteiger charge is 2.47. The van der Waals surface area contributed by atoms with Crippen LogP contribution in [-0.2, 0) is 5.41 Å². The summed E-state index contributed by atoms with van der Waals surface area (Å²) in [6.45, 7) is 0. The summed E-state index contributed by atoms with van der Waals surface area (Å²) in [7, 11) is 0. The lowest BCUT2D eigenvalue weighted by Gasteiger charge is -2.34. The van der Waals surface area contributed by atoms with Crippen LogP contribution >= 0.6 is 11.3 Å². The minimum absolute atomic E-state index is 0.502. The van der Waals surface area contributed by atoms with Gasteiger partial charge < -0.3 is 4.90 Å². The van der Waals surface area contributed by atoms with E-state index in [0.717, 1.165) is 17.1 Å². The van der Waals surface area contributed by atoms with Gasteiger partial charge in [-0.1, -0.05) is 188 Å². The summed E-state index contributed by atoms with van der Waals surface area (Å²) in [4.78, 5) is 2.49. The Hall–Kier alpha value is -8.04. The molecule has 2 heteroatoms. The van der Waals surface area contributed by atoms with E-state index in [1.807, 2.05) is 11.3 Å². The predicted octanol–water partition coefficient (Wildman–Crippen LogP) is 17.5. The lowest BCUT2D eigenvalue weighted by atomic mass is 9.68. The van der Waals surface area contributed by atoms with E-state index < -0.39 is 5.41 Å². The van der Waals surface area contributed by atoms with Crippen molar-refractivity contribution >= 4 is 70.1 Å². The van der Waals surface area contributed by atoms with E-state index >= 15 is 0 Å². The molecule has 0 atom stereocenters. The van der Waals surface area contributed by atoms with Crippen molar-refractivity contribution in [2.24, 2.45) is 0 Å². The molecule has 11 aromatic carbocycles. The van der Waals surface area contributed by atoms with Crippen molar-refractivity contribution < 1.29 is 0 Å². The maximum atomic E-state index is 2.49. The van der Waals surface area contributed by atoms with Crippen LogP contribution in [-0.4, -0.2) is 0 Å². The van der Waals surface area contributed by atoms with Crippen molar-refractivity contribution in [2.75, 3.05) is 4.90 Å². The van der Waals surface area contributed by atoms with Crippen LogP contribution in [0.1, 0.15) is 22.3 Å². The Morgan fingerprint density at radius 2 is 0.862 bits per heavy atom. The minimum atomic E-state index is -0.502. The zero-order valence-corrected chi connectivity index (χ0v) is 36.3. The summed E-state index contributed by atoms with van der Waals surface area (Å²) in [5.41, 5.74) is 15.3. The van der Waals surface area contributed by atoms with Crippen LogP contribution < -0.4 is 4.90 Å². The fraction of sp³-hybridized carbons (Fsp3) is 0.0159. The minimum Gasteiger partial charge on any atom is -0.310 e. The van der Waals surface area contributed by atoms with E-state index in [4.69, 9.17) is 0 Å². The van der Waals surface area contributed by atoms with Gasteiger partial charge in [0.05, 0.1) is 11.1 Å². The van der Waals surface area contributed by atoms with Gasteiger partial charge in [-0.15, -0.1) is 11.3 Å². The molecular weight excluding hydrogens is 803 g/mol. The lowest BCUT2D eigenvalue weighted by molar-refractivity contribution is 0.768. The Kier molecular flexibility index (Phi) is 8.69. The van der Waals surface area contributed by atoms with Gasteiger partial charge in [0.25, 0.3) is 0 Å². The third kappa shape index (κ3) is 5.99. The fourth-order valence-corrected chi connectivity index (χ4v) is 11.8. The molecule has 0 bridgehead atoms. The average Bonchev–Trinajstić information content (AvgIpc) is 3.91. The number of thiophene rings is 1. The highest BCUT2D eigenvalue weighted by Crippen LogP contribution is 2.59. The van der Waals surface area contributed by atoms with E-state index in [2.05, 4.69) is 254 Å². The number of hydrogen-bond acceptors (Lipinski definition) is 2. The molecule has 304 valence electrons. The molecular formula is C63H41NS. The van der Waals surface area contributed by atoms with Gasteiger partial charge in [-0.05, 0) is 132 Å². The molecule has 1 nitrogen and oxygen atoms in total. The third-order valence-electron chi connectivity index (χ3n) is 13.7. The molecule has 0 aliphatic heterocycles. The van der Waals surface area contributed by atoms with Crippen LogP contribution in [0.2, 0.25) is 0 Å². The van der Waals surface area contributed by atoms with Gasteiger partial charge in [0.2, 0.25) is 0 Å². The van der Waals surface area contributed by atoms with E-state index in [0.29, 0.717) is 0 Å². The van der Waals surface area contributed by atoms with Gasteiger partial charge in [0.1, 0.15) is 0 Å². The second-order valence-electron chi connectivity index (χ2n) is 17.2. The van der Waals surface area contributed by atoms with Crippen LogP contribution in [0.25, 0.3) is 75.1 Å². The van der Waals surface area contributed by atoms with Crippen molar-refractivity contribution in [3.05, 3.63) is 271 Å². The molecule has 65 heavy (non-hydrogen) atoms. The predicted molar refractivity (Wildman–Crippen MR) is 277 cm³/mol. The molecule has 0 unspecified atom stereocenters. The summed E-state index contributed by atoms with van der Waals surface area (Å²) in [6, 6.07) is 92.2. The van der Waals surface area contributed by atoms with Crippen molar-refractivity contribution in [3.8, 4) is 33.4 Å². The summed E-state index contributed by atoms with van der Waals surface area (Å²) in [6.07, 6.45) is 0. The summed E-state index contributed by atoms with van der Waals surface area (Å²) < 4.78 is 2.60. The second-order valence-corrected chi connectivity index (χ2v) is 18.3. The first kappa shape index (κ1) is 37.5. The van der Waals surface area contributed by atoms with Crippen molar-refractivity contribution in [1.29, 1.82) is 0 Å². The van der Waals surface area contributed by atoms with Gasteiger partial charge in [-0.25, -0.2) is 0 Å². The Bertz CT molecular complexity index is 3730. The van der Waals surface area contributed by atoms with Crippen molar-refractivity contribution in [2.45, 2.75) is 5.41 Å². The van der Waals surface area contributed by atoms with Crippen LogP contribution in [0.15, 0.2) is 249 Å². The second kappa shape index (κ2) is 15.1. The molecule has 0 radical (unpaired) electrons. The SMILES string of the molecule is c1ccc(C2(c3ccccc3)c3ccccc3-c3c(N(c4ccc(-c5ccc6ccc(-c7ccc8ccccc8c7)cc6c5)cc4)c4ccc5sc6ccccc6c5c4)cccc32)cc1. The molecule has 13 rings (SSSR count). The number of hydrogen-bond donors (Lipinski definition) is 0. The van der Waals surface area contributed by atoms with E-state index in [-0.39, 0.29) is 0 Å². The summed E-state index contributed by atoms with van der Waals surface area (Å²) in [5.74, 6) is 0. The van der Waals surface area contributed by atoms with E-state index in [9.17, 15) is 0 Å². The monoisotopic (exact) mass is 843 g/mol. The molecule has 1 heterocycles. The Labute approximate surface area is 382 Å². The molecule has 0 saturated carbocycles. The zero-order chi connectivity index (χ0) is 42.9. The first-order chi connectivity index (χ1) is 32.2. The quantitative estimate of drug-likeness (QED) is 0.154. The average molecular weight is 844 g/mol. The number of fused-ring (bicyclic) bond motifs is 8. The maximum absolute atomic E-state index is 2.49. The number of nitrogens with zero attached hydrogens (tertiary/aromatic N) is 1. The van der Waals surface area contributed by atoms with Crippen LogP contribution in [0.4, 0.5) is 17.1 Å².